The molecule has 0 fully saturated rings. The first-order chi connectivity index (χ1) is 14.1. The van der Waals surface area contributed by atoms with Gasteiger partial charge in [0.1, 0.15) is 5.75 Å². The third-order valence-corrected chi connectivity index (χ3v) is 5.31. The first-order valence-corrected chi connectivity index (χ1v) is 10.0. The molecule has 0 N–H and O–H groups in total. The SMILES string of the molecule is COc1cccc(-c2ccc(/C=C/C3=NC(c4ccc(Cl)cc4Cl)=CC3)cc2)c1. The number of methoxy groups -OCH3 is 1. The van der Waals surface area contributed by atoms with Crippen molar-refractivity contribution in [3.05, 3.63) is 100 Å². The highest BCUT2D eigenvalue weighted by molar-refractivity contribution is 6.35. The Bertz CT molecular complexity index is 1130. The molecule has 1 aliphatic heterocycles. The van der Waals surface area contributed by atoms with Gasteiger partial charge in [0.05, 0.1) is 17.8 Å². The van der Waals surface area contributed by atoms with Gasteiger partial charge in [0.25, 0.3) is 0 Å². The highest BCUT2D eigenvalue weighted by atomic mass is 35.5. The van der Waals surface area contributed by atoms with Crippen molar-refractivity contribution in [2.24, 2.45) is 4.99 Å². The molecule has 144 valence electrons. The van der Waals surface area contributed by atoms with E-state index in [9.17, 15) is 0 Å². The third-order valence-electron chi connectivity index (χ3n) is 4.76. The Morgan fingerprint density at radius 2 is 1.72 bits per heavy atom. The van der Waals surface area contributed by atoms with Gasteiger partial charge in [-0.05, 0) is 53.1 Å². The Hall–Kier alpha value is -2.81. The lowest BCUT2D eigenvalue weighted by atomic mass is 10.0. The van der Waals surface area contributed by atoms with E-state index in [1.807, 2.05) is 36.4 Å². The van der Waals surface area contributed by atoms with Gasteiger partial charge in [0.2, 0.25) is 0 Å². The van der Waals surface area contributed by atoms with Gasteiger partial charge in [-0.1, -0.05) is 71.8 Å². The molecule has 3 aromatic rings. The minimum Gasteiger partial charge on any atom is -0.497 e. The summed E-state index contributed by atoms with van der Waals surface area (Å²) in [6.07, 6.45) is 7.00. The molecule has 0 bridgehead atoms. The standard InChI is InChI=1S/C25H19Cl2NO/c1-29-22-4-2-3-19(15-22)18-8-5-17(6-9-18)7-11-21-12-14-25(28-21)23-13-10-20(26)16-24(23)27/h2-11,13-16H,12H2,1H3/b11-7+. The lowest BCUT2D eigenvalue weighted by Gasteiger charge is -2.05. The number of allylic oxidation sites excluding steroid dienone is 2. The summed E-state index contributed by atoms with van der Waals surface area (Å²) < 4.78 is 5.31. The lowest BCUT2D eigenvalue weighted by Crippen LogP contribution is -1.86. The van der Waals surface area contributed by atoms with E-state index in [1.165, 1.54) is 0 Å². The van der Waals surface area contributed by atoms with Crippen LogP contribution in [0.2, 0.25) is 10.0 Å². The molecule has 29 heavy (non-hydrogen) atoms. The van der Waals surface area contributed by atoms with Crippen molar-refractivity contribution in [1.29, 1.82) is 0 Å². The van der Waals surface area contributed by atoms with Gasteiger partial charge in [-0.15, -0.1) is 0 Å². The van der Waals surface area contributed by atoms with Crippen LogP contribution in [-0.2, 0) is 0 Å². The maximum Gasteiger partial charge on any atom is 0.119 e. The van der Waals surface area contributed by atoms with Gasteiger partial charge >= 0.3 is 0 Å². The fourth-order valence-corrected chi connectivity index (χ4v) is 3.71. The minimum absolute atomic E-state index is 0.617. The molecule has 1 heterocycles. The van der Waals surface area contributed by atoms with Crippen LogP contribution in [0, 0.1) is 0 Å². The fourth-order valence-electron chi connectivity index (χ4n) is 3.20. The summed E-state index contributed by atoms with van der Waals surface area (Å²) in [6, 6.07) is 22.0. The maximum atomic E-state index is 6.29. The predicted octanol–water partition coefficient (Wildman–Crippen LogP) is 7.57. The van der Waals surface area contributed by atoms with E-state index < -0.39 is 0 Å². The average molecular weight is 420 g/mol. The normalized spacial score (nSPS) is 13.5. The molecule has 0 aliphatic carbocycles. The quantitative estimate of drug-likeness (QED) is 0.417. The Balaban J connectivity index is 1.47. The molecule has 4 rings (SSSR count). The van der Waals surface area contributed by atoms with E-state index in [0.29, 0.717) is 10.0 Å². The zero-order chi connectivity index (χ0) is 20.2. The minimum atomic E-state index is 0.617. The van der Waals surface area contributed by atoms with Crippen molar-refractivity contribution in [1.82, 2.24) is 0 Å². The van der Waals surface area contributed by atoms with Crippen molar-refractivity contribution in [2.75, 3.05) is 7.11 Å². The Morgan fingerprint density at radius 3 is 2.48 bits per heavy atom. The molecule has 0 saturated carbocycles. The molecular formula is C25H19Cl2NO. The molecule has 0 aromatic heterocycles. The first kappa shape index (κ1) is 19.5. The third kappa shape index (κ3) is 4.61. The van der Waals surface area contributed by atoms with E-state index in [0.717, 1.165) is 45.8 Å². The number of benzene rings is 3. The average Bonchev–Trinajstić information content (AvgIpc) is 3.21. The number of hydrogen-bond donors (Lipinski definition) is 0. The number of ether oxygens (including phenoxy) is 1. The van der Waals surface area contributed by atoms with E-state index in [-0.39, 0.29) is 0 Å². The number of nitrogens with zero attached hydrogens (tertiary/aromatic N) is 1. The van der Waals surface area contributed by atoms with Crippen LogP contribution in [0.15, 0.2) is 83.9 Å². The molecule has 3 aromatic carbocycles. The summed E-state index contributed by atoms with van der Waals surface area (Å²) in [4.78, 5) is 4.70. The lowest BCUT2D eigenvalue weighted by molar-refractivity contribution is 0.415. The van der Waals surface area contributed by atoms with Gasteiger partial charge in [-0.25, -0.2) is 0 Å². The zero-order valence-electron chi connectivity index (χ0n) is 15.9. The van der Waals surface area contributed by atoms with E-state index in [4.69, 9.17) is 32.9 Å². The summed E-state index contributed by atoms with van der Waals surface area (Å²) in [6.45, 7) is 0. The van der Waals surface area contributed by atoms with Gasteiger partial charge < -0.3 is 4.74 Å². The van der Waals surface area contributed by atoms with E-state index in [2.05, 4.69) is 42.5 Å². The van der Waals surface area contributed by atoms with Crippen molar-refractivity contribution >= 4 is 40.7 Å². The molecule has 0 spiro atoms. The van der Waals surface area contributed by atoms with Gasteiger partial charge in [0, 0.05) is 22.7 Å². The molecule has 1 aliphatic rings. The number of rotatable bonds is 5. The molecule has 0 unspecified atom stereocenters. The second kappa shape index (κ2) is 8.69. The Morgan fingerprint density at radius 1 is 0.897 bits per heavy atom. The van der Waals surface area contributed by atoms with Crippen LogP contribution in [0.25, 0.3) is 22.9 Å². The largest absolute Gasteiger partial charge is 0.497 e. The first-order valence-electron chi connectivity index (χ1n) is 9.28. The van der Waals surface area contributed by atoms with Crippen LogP contribution in [-0.4, -0.2) is 12.8 Å². The summed E-state index contributed by atoms with van der Waals surface area (Å²) in [7, 11) is 1.68. The van der Waals surface area contributed by atoms with E-state index in [1.54, 1.807) is 13.2 Å². The maximum absolute atomic E-state index is 6.29. The fraction of sp³-hybridized carbons (Fsp3) is 0.0800. The highest BCUT2D eigenvalue weighted by Gasteiger charge is 2.12. The summed E-state index contributed by atoms with van der Waals surface area (Å²) >= 11 is 12.3. The van der Waals surface area contributed by atoms with Crippen molar-refractivity contribution < 1.29 is 4.74 Å². The number of aliphatic imine (C=N–C) groups is 1. The van der Waals surface area contributed by atoms with Crippen LogP contribution in [0.3, 0.4) is 0 Å². The van der Waals surface area contributed by atoms with Crippen LogP contribution < -0.4 is 4.74 Å². The number of hydrogen-bond acceptors (Lipinski definition) is 2. The Labute approximate surface area is 180 Å². The Kier molecular flexibility index (Phi) is 5.84. The molecule has 4 heteroatoms. The molecule has 0 saturated heterocycles. The van der Waals surface area contributed by atoms with Gasteiger partial charge in [-0.2, -0.15) is 0 Å². The zero-order valence-corrected chi connectivity index (χ0v) is 17.4. The van der Waals surface area contributed by atoms with Crippen molar-refractivity contribution in [3.8, 4) is 16.9 Å². The second-order valence-electron chi connectivity index (χ2n) is 6.71. The van der Waals surface area contributed by atoms with Crippen LogP contribution >= 0.6 is 23.2 Å². The smallest absolute Gasteiger partial charge is 0.119 e. The van der Waals surface area contributed by atoms with Crippen molar-refractivity contribution in [2.45, 2.75) is 6.42 Å². The topological polar surface area (TPSA) is 21.6 Å². The summed E-state index contributed by atoms with van der Waals surface area (Å²) in [5.74, 6) is 0.856. The van der Waals surface area contributed by atoms with Crippen molar-refractivity contribution in [3.63, 3.8) is 0 Å². The molecule has 0 radical (unpaired) electrons. The van der Waals surface area contributed by atoms with Crippen LogP contribution in [0.4, 0.5) is 0 Å². The predicted molar refractivity (Wildman–Crippen MR) is 124 cm³/mol. The molecule has 2 nitrogen and oxygen atoms in total. The molecular weight excluding hydrogens is 401 g/mol. The highest BCUT2D eigenvalue weighted by Crippen LogP contribution is 2.31. The second-order valence-corrected chi connectivity index (χ2v) is 7.55. The summed E-state index contributed by atoms with van der Waals surface area (Å²) in [5, 5.41) is 1.24. The van der Waals surface area contributed by atoms with Crippen LogP contribution in [0.5, 0.6) is 5.75 Å². The van der Waals surface area contributed by atoms with Gasteiger partial charge in [-0.3, -0.25) is 4.99 Å². The monoisotopic (exact) mass is 419 g/mol. The van der Waals surface area contributed by atoms with Gasteiger partial charge in [0.15, 0.2) is 0 Å². The van der Waals surface area contributed by atoms with Crippen LogP contribution in [0.1, 0.15) is 17.5 Å². The molecule has 0 atom stereocenters. The summed E-state index contributed by atoms with van der Waals surface area (Å²) in [5.41, 5.74) is 6.20. The van der Waals surface area contributed by atoms with E-state index >= 15 is 0 Å². The number of halogens is 2. The molecule has 0 amide bonds.